The van der Waals surface area contributed by atoms with Gasteiger partial charge in [0.1, 0.15) is 12.1 Å². The zero-order valence-corrected chi connectivity index (χ0v) is 11.8. The minimum Gasteiger partial charge on any atom is -0.457 e. The second-order valence-electron chi connectivity index (χ2n) is 5.30. The second-order valence-corrected chi connectivity index (χ2v) is 5.30. The lowest BCUT2D eigenvalue weighted by molar-refractivity contribution is -0.152. The lowest BCUT2D eigenvalue weighted by Gasteiger charge is -2.29. The van der Waals surface area contributed by atoms with E-state index >= 15 is 0 Å². The van der Waals surface area contributed by atoms with Crippen molar-refractivity contribution in [3.05, 3.63) is 35.9 Å². The van der Waals surface area contributed by atoms with E-state index in [-0.39, 0.29) is 18.1 Å². The van der Waals surface area contributed by atoms with Crippen LogP contribution in [-0.4, -0.2) is 18.6 Å². The third kappa shape index (κ3) is 3.80. The van der Waals surface area contributed by atoms with Crippen molar-refractivity contribution < 1.29 is 9.53 Å². The van der Waals surface area contributed by atoms with Crippen molar-refractivity contribution in [1.82, 2.24) is 5.32 Å². The molecular formula is C16H23NO2. The lowest BCUT2D eigenvalue weighted by Crippen LogP contribution is -2.44. The molecule has 1 aliphatic rings. The Morgan fingerprint density at radius 2 is 2.16 bits per heavy atom. The number of carbonyl (C=O) groups is 1. The third-order valence-electron chi connectivity index (χ3n) is 3.94. The maximum atomic E-state index is 12.2. The van der Waals surface area contributed by atoms with Gasteiger partial charge in [0, 0.05) is 0 Å². The maximum Gasteiger partial charge on any atom is 0.323 e. The molecule has 1 N–H and O–H groups in total. The van der Waals surface area contributed by atoms with Gasteiger partial charge >= 0.3 is 5.97 Å². The van der Waals surface area contributed by atoms with Gasteiger partial charge in [0.25, 0.3) is 0 Å². The number of rotatable bonds is 4. The van der Waals surface area contributed by atoms with Crippen LogP contribution < -0.4 is 5.32 Å². The Bertz CT molecular complexity index is 404. The molecule has 0 saturated carbocycles. The first-order valence-electron chi connectivity index (χ1n) is 7.19. The Balaban J connectivity index is 1.90. The van der Waals surface area contributed by atoms with E-state index in [0.717, 1.165) is 31.4 Å². The third-order valence-corrected chi connectivity index (χ3v) is 3.94. The van der Waals surface area contributed by atoms with Crippen LogP contribution in [0.25, 0.3) is 0 Å². The summed E-state index contributed by atoms with van der Waals surface area (Å²) in [4.78, 5) is 12.2. The molecule has 1 aromatic rings. The van der Waals surface area contributed by atoms with E-state index < -0.39 is 0 Å². The summed E-state index contributed by atoms with van der Waals surface area (Å²) in [6, 6.07) is 9.73. The van der Waals surface area contributed by atoms with Gasteiger partial charge in [-0.1, -0.05) is 43.7 Å². The minimum atomic E-state index is -0.183. The number of esters is 1. The van der Waals surface area contributed by atoms with Crippen molar-refractivity contribution in [2.45, 2.75) is 45.3 Å². The van der Waals surface area contributed by atoms with E-state index in [1.807, 2.05) is 37.3 Å². The van der Waals surface area contributed by atoms with Crippen molar-refractivity contribution >= 4 is 5.97 Å². The van der Waals surface area contributed by atoms with Gasteiger partial charge in [-0.25, -0.2) is 0 Å². The average molecular weight is 261 g/mol. The molecule has 19 heavy (non-hydrogen) atoms. The lowest BCUT2D eigenvalue weighted by atomic mass is 9.90. The first kappa shape index (κ1) is 14.1. The Kier molecular flexibility index (Phi) is 4.97. The molecule has 1 aliphatic heterocycles. The molecule has 1 saturated heterocycles. The molecule has 0 radical (unpaired) electrons. The van der Waals surface area contributed by atoms with Gasteiger partial charge in [0.15, 0.2) is 0 Å². The van der Waals surface area contributed by atoms with Gasteiger partial charge < -0.3 is 10.1 Å². The Morgan fingerprint density at radius 1 is 1.42 bits per heavy atom. The standard InChI is InChI=1S/C16H23NO2/c1-3-13-9-10-17-15(11-13)16(18)19-12(2)14-7-5-4-6-8-14/h4-8,12-13,15,17H,3,9-11H2,1-2H3. The Hall–Kier alpha value is -1.35. The smallest absolute Gasteiger partial charge is 0.323 e. The van der Waals surface area contributed by atoms with Crippen molar-refractivity contribution in [1.29, 1.82) is 0 Å². The zero-order valence-electron chi connectivity index (χ0n) is 11.8. The van der Waals surface area contributed by atoms with Gasteiger partial charge in [0.2, 0.25) is 0 Å². The van der Waals surface area contributed by atoms with E-state index in [9.17, 15) is 4.79 Å². The van der Waals surface area contributed by atoms with Crippen LogP contribution in [0.4, 0.5) is 0 Å². The molecule has 104 valence electrons. The Morgan fingerprint density at radius 3 is 2.84 bits per heavy atom. The summed E-state index contributed by atoms with van der Waals surface area (Å²) >= 11 is 0. The molecular weight excluding hydrogens is 238 g/mol. The largest absolute Gasteiger partial charge is 0.457 e. The highest BCUT2D eigenvalue weighted by atomic mass is 16.5. The van der Waals surface area contributed by atoms with Gasteiger partial charge in [-0.15, -0.1) is 0 Å². The number of piperidine rings is 1. The number of nitrogens with one attached hydrogen (secondary N) is 1. The number of ether oxygens (including phenoxy) is 1. The van der Waals surface area contributed by atoms with E-state index in [0.29, 0.717) is 5.92 Å². The fourth-order valence-corrected chi connectivity index (χ4v) is 2.60. The van der Waals surface area contributed by atoms with Crippen LogP contribution in [0.5, 0.6) is 0 Å². The van der Waals surface area contributed by atoms with Gasteiger partial charge in [-0.2, -0.15) is 0 Å². The summed E-state index contributed by atoms with van der Waals surface area (Å²) < 4.78 is 5.57. The fraction of sp³-hybridized carbons (Fsp3) is 0.562. The number of benzene rings is 1. The van der Waals surface area contributed by atoms with Crippen molar-refractivity contribution in [3.63, 3.8) is 0 Å². The van der Waals surface area contributed by atoms with Crippen molar-refractivity contribution in [2.24, 2.45) is 5.92 Å². The summed E-state index contributed by atoms with van der Waals surface area (Å²) in [6.45, 7) is 5.02. The first-order valence-corrected chi connectivity index (χ1v) is 7.19. The molecule has 0 aliphatic carbocycles. The van der Waals surface area contributed by atoms with Crippen LogP contribution in [-0.2, 0) is 9.53 Å². The summed E-state index contributed by atoms with van der Waals surface area (Å²) in [5.41, 5.74) is 1.04. The highest BCUT2D eigenvalue weighted by molar-refractivity contribution is 5.76. The van der Waals surface area contributed by atoms with Gasteiger partial charge in [-0.3, -0.25) is 4.79 Å². The topological polar surface area (TPSA) is 38.3 Å². The van der Waals surface area contributed by atoms with Gasteiger partial charge in [-0.05, 0) is 37.8 Å². The SMILES string of the molecule is CCC1CCNC(C(=O)OC(C)c2ccccc2)C1. The van der Waals surface area contributed by atoms with Crippen LogP contribution in [0, 0.1) is 5.92 Å². The van der Waals surface area contributed by atoms with E-state index in [2.05, 4.69) is 12.2 Å². The normalized spacial score (nSPS) is 24.7. The van der Waals surface area contributed by atoms with E-state index in [1.54, 1.807) is 0 Å². The highest BCUT2D eigenvalue weighted by Crippen LogP contribution is 2.22. The van der Waals surface area contributed by atoms with Crippen LogP contribution in [0.2, 0.25) is 0 Å². The molecule has 3 heteroatoms. The summed E-state index contributed by atoms with van der Waals surface area (Å²) in [7, 11) is 0. The maximum absolute atomic E-state index is 12.2. The summed E-state index contributed by atoms with van der Waals surface area (Å²) in [6.07, 6.45) is 3.02. The molecule has 0 amide bonds. The van der Waals surface area contributed by atoms with Crippen LogP contribution in [0.1, 0.15) is 44.8 Å². The molecule has 1 aromatic carbocycles. The van der Waals surface area contributed by atoms with Crippen molar-refractivity contribution in [3.8, 4) is 0 Å². The molecule has 3 nitrogen and oxygen atoms in total. The zero-order chi connectivity index (χ0) is 13.7. The predicted molar refractivity (Wildman–Crippen MR) is 75.8 cm³/mol. The van der Waals surface area contributed by atoms with Crippen molar-refractivity contribution in [2.75, 3.05) is 6.54 Å². The number of carbonyl (C=O) groups excluding carboxylic acids is 1. The van der Waals surface area contributed by atoms with Gasteiger partial charge in [0.05, 0.1) is 0 Å². The average Bonchev–Trinajstić information content (AvgIpc) is 2.48. The number of hydrogen-bond acceptors (Lipinski definition) is 3. The second kappa shape index (κ2) is 6.71. The minimum absolute atomic E-state index is 0.116. The number of hydrogen-bond donors (Lipinski definition) is 1. The molecule has 0 aromatic heterocycles. The summed E-state index contributed by atoms with van der Waals surface area (Å²) in [5.74, 6) is 0.528. The fourth-order valence-electron chi connectivity index (χ4n) is 2.60. The first-order chi connectivity index (χ1) is 9.20. The molecule has 0 bridgehead atoms. The summed E-state index contributed by atoms with van der Waals surface area (Å²) in [5, 5.41) is 3.27. The van der Waals surface area contributed by atoms with Crippen LogP contribution in [0.3, 0.4) is 0 Å². The van der Waals surface area contributed by atoms with E-state index in [4.69, 9.17) is 4.74 Å². The molecule has 0 spiro atoms. The highest BCUT2D eigenvalue weighted by Gasteiger charge is 2.28. The molecule has 3 unspecified atom stereocenters. The quantitative estimate of drug-likeness (QED) is 0.847. The molecule has 1 heterocycles. The van der Waals surface area contributed by atoms with Crippen LogP contribution in [0.15, 0.2) is 30.3 Å². The molecule has 1 fully saturated rings. The van der Waals surface area contributed by atoms with Crippen LogP contribution >= 0.6 is 0 Å². The monoisotopic (exact) mass is 261 g/mol. The van der Waals surface area contributed by atoms with E-state index in [1.165, 1.54) is 0 Å². The predicted octanol–water partition coefficient (Wildman–Crippen LogP) is 3.07. The Labute approximate surface area is 115 Å². The molecule has 2 rings (SSSR count). The molecule has 3 atom stereocenters.